The van der Waals surface area contributed by atoms with Crippen molar-refractivity contribution in [3.8, 4) is 0 Å². The minimum atomic E-state index is -0.490. The van der Waals surface area contributed by atoms with E-state index in [0.29, 0.717) is 16.7 Å². The van der Waals surface area contributed by atoms with Gasteiger partial charge in [-0.3, -0.25) is 4.79 Å². The number of hydrogen-bond acceptors (Lipinski definition) is 5. The molecule has 1 aromatic carbocycles. The zero-order chi connectivity index (χ0) is 16.7. The number of hydrogen-bond donors (Lipinski definition) is 0. The highest BCUT2D eigenvalue weighted by molar-refractivity contribution is 5.96. The summed E-state index contributed by atoms with van der Waals surface area (Å²) in [6.45, 7) is 7.15. The number of aromatic nitrogens is 1. The van der Waals surface area contributed by atoms with Crippen molar-refractivity contribution >= 4 is 28.0 Å². The van der Waals surface area contributed by atoms with Crippen LogP contribution >= 0.6 is 0 Å². The molecule has 0 aliphatic rings. The number of benzene rings is 1. The molecule has 0 N–H and O–H groups in total. The molecule has 5 nitrogen and oxygen atoms in total. The van der Waals surface area contributed by atoms with Gasteiger partial charge in [-0.15, -0.1) is 0 Å². The lowest BCUT2D eigenvalue weighted by Gasteiger charge is -2.10. The third-order valence-electron chi connectivity index (χ3n) is 3.57. The second-order valence-corrected chi connectivity index (χ2v) is 5.86. The van der Waals surface area contributed by atoms with Crippen LogP contribution < -0.4 is 5.43 Å². The van der Waals surface area contributed by atoms with E-state index in [1.165, 1.54) is 6.07 Å². The molecule has 0 saturated carbocycles. The Hall–Kier alpha value is -2.69. The maximum absolute atomic E-state index is 12.7. The zero-order valence-corrected chi connectivity index (χ0v) is 13.5. The van der Waals surface area contributed by atoms with Gasteiger partial charge >= 0.3 is 5.97 Å². The van der Waals surface area contributed by atoms with Gasteiger partial charge in [-0.2, -0.15) is 0 Å². The number of pyridine rings is 1. The Labute approximate surface area is 132 Å². The highest BCUT2D eigenvalue weighted by Crippen LogP contribution is 2.21. The fourth-order valence-corrected chi connectivity index (χ4v) is 2.46. The molecule has 0 radical (unpaired) electrons. The predicted octanol–water partition coefficient (Wildman–Crippen LogP) is 3.52. The molecular weight excluding hydrogens is 294 g/mol. The molecule has 0 saturated heterocycles. The molecular formula is C18H17NO4. The van der Waals surface area contributed by atoms with E-state index in [1.807, 2.05) is 13.0 Å². The van der Waals surface area contributed by atoms with Gasteiger partial charge in [0, 0.05) is 0 Å². The minimum Gasteiger partial charge on any atom is -0.459 e. The Kier molecular flexibility index (Phi) is 3.64. The van der Waals surface area contributed by atoms with Gasteiger partial charge in [-0.05, 0) is 51.5 Å². The van der Waals surface area contributed by atoms with Gasteiger partial charge < -0.3 is 9.15 Å². The van der Waals surface area contributed by atoms with Crippen molar-refractivity contribution in [2.24, 2.45) is 0 Å². The van der Waals surface area contributed by atoms with Crippen LogP contribution in [0.4, 0.5) is 0 Å². The van der Waals surface area contributed by atoms with Crippen molar-refractivity contribution in [2.75, 3.05) is 0 Å². The first kappa shape index (κ1) is 15.2. The lowest BCUT2D eigenvalue weighted by atomic mass is 10.1. The van der Waals surface area contributed by atoms with E-state index in [0.717, 1.165) is 5.56 Å². The number of carbonyl (C=O) groups is 1. The lowest BCUT2D eigenvalue weighted by molar-refractivity contribution is 0.0376. The standard InChI is InChI=1S/C18H17NO4/c1-9(2)22-18(21)13-8-14-16(20)12-6-5-10(3)7-15(12)23-17(14)19-11(13)4/h5-9H,1-4H3. The van der Waals surface area contributed by atoms with Crippen molar-refractivity contribution in [2.45, 2.75) is 33.8 Å². The van der Waals surface area contributed by atoms with Gasteiger partial charge in [-0.25, -0.2) is 9.78 Å². The Balaban J connectivity index is 2.29. The Morgan fingerprint density at radius 2 is 1.91 bits per heavy atom. The summed E-state index contributed by atoms with van der Waals surface area (Å²) in [6.07, 6.45) is -0.242. The van der Waals surface area contributed by atoms with Gasteiger partial charge in [0.2, 0.25) is 11.1 Å². The molecule has 0 aliphatic heterocycles. The van der Waals surface area contributed by atoms with Crippen molar-refractivity contribution in [3.63, 3.8) is 0 Å². The van der Waals surface area contributed by atoms with Crippen molar-refractivity contribution in [3.05, 3.63) is 51.3 Å². The highest BCUT2D eigenvalue weighted by Gasteiger charge is 2.18. The number of aryl methyl sites for hydroxylation is 2. The topological polar surface area (TPSA) is 69.4 Å². The van der Waals surface area contributed by atoms with Crippen LogP contribution in [0.25, 0.3) is 22.1 Å². The lowest BCUT2D eigenvalue weighted by Crippen LogP contribution is -2.14. The molecule has 0 fully saturated rings. The van der Waals surface area contributed by atoms with E-state index < -0.39 is 5.97 Å². The summed E-state index contributed by atoms with van der Waals surface area (Å²) in [6, 6.07) is 6.88. The monoisotopic (exact) mass is 311 g/mol. The van der Waals surface area contributed by atoms with Gasteiger partial charge in [0.25, 0.3) is 0 Å². The largest absolute Gasteiger partial charge is 0.459 e. The average Bonchev–Trinajstić information content (AvgIpc) is 2.45. The predicted molar refractivity (Wildman–Crippen MR) is 87.8 cm³/mol. The number of carbonyl (C=O) groups excluding carboxylic acids is 1. The molecule has 3 rings (SSSR count). The van der Waals surface area contributed by atoms with Crippen LogP contribution in [0.3, 0.4) is 0 Å². The van der Waals surface area contributed by atoms with Crippen LogP contribution in [-0.4, -0.2) is 17.1 Å². The summed E-state index contributed by atoms with van der Waals surface area (Å²) < 4.78 is 10.9. The van der Waals surface area contributed by atoms with Crippen LogP contribution in [0.15, 0.2) is 33.5 Å². The quantitative estimate of drug-likeness (QED) is 0.535. The first-order valence-electron chi connectivity index (χ1n) is 7.42. The molecule has 118 valence electrons. The van der Waals surface area contributed by atoms with Crippen LogP contribution in [-0.2, 0) is 4.74 Å². The minimum absolute atomic E-state index is 0.202. The number of nitrogens with zero attached hydrogens (tertiary/aromatic N) is 1. The molecule has 0 bridgehead atoms. The van der Waals surface area contributed by atoms with E-state index in [2.05, 4.69) is 4.98 Å². The van der Waals surface area contributed by atoms with Gasteiger partial charge in [0.05, 0.1) is 28.1 Å². The fourth-order valence-electron chi connectivity index (χ4n) is 2.46. The number of rotatable bonds is 2. The average molecular weight is 311 g/mol. The summed E-state index contributed by atoms with van der Waals surface area (Å²) in [5, 5.41) is 0.750. The maximum Gasteiger partial charge on any atom is 0.340 e. The van der Waals surface area contributed by atoms with E-state index in [-0.39, 0.29) is 28.2 Å². The summed E-state index contributed by atoms with van der Waals surface area (Å²) in [4.78, 5) is 29.1. The summed E-state index contributed by atoms with van der Waals surface area (Å²) in [5.74, 6) is -0.490. The molecule has 0 amide bonds. The third-order valence-corrected chi connectivity index (χ3v) is 3.57. The molecule has 0 unspecified atom stereocenters. The van der Waals surface area contributed by atoms with E-state index >= 15 is 0 Å². The second-order valence-electron chi connectivity index (χ2n) is 5.86. The van der Waals surface area contributed by atoms with Crippen LogP contribution in [0, 0.1) is 13.8 Å². The van der Waals surface area contributed by atoms with E-state index in [4.69, 9.17) is 9.15 Å². The normalized spacial score (nSPS) is 11.3. The van der Waals surface area contributed by atoms with E-state index in [1.54, 1.807) is 32.9 Å². The smallest absolute Gasteiger partial charge is 0.340 e. The van der Waals surface area contributed by atoms with Crippen LogP contribution in [0.5, 0.6) is 0 Å². The molecule has 2 aromatic heterocycles. The Morgan fingerprint density at radius 1 is 1.17 bits per heavy atom. The molecule has 3 aromatic rings. The summed E-state index contributed by atoms with van der Waals surface area (Å²) >= 11 is 0. The third kappa shape index (κ3) is 2.70. The highest BCUT2D eigenvalue weighted by atomic mass is 16.5. The number of fused-ring (bicyclic) bond motifs is 2. The van der Waals surface area contributed by atoms with Crippen molar-refractivity contribution in [1.29, 1.82) is 0 Å². The van der Waals surface area contributed by atoms with Gasteiger partial charge in [0.1, 0.15) is 5.58 Å². The molecule has 0 atom stereocenters. The Bertz CT molecular complexity index is 986. The summed E-state index contributed by atoms with van der Waals surface area (Å²) in [5.41, 5.74) is 2.27. The molecule has 2 heterocycles. The fraction of sp³-hybridized carbons (Fsp3) is 0.278. The van der Waals surface area contributed by atoms with Crippen molar-refractivity contribution < 1.29 is 13.9 Å². The molecule has 23 heavy (non-hydrogen) atoms. The number of esters is 1. The zero-order valence-electron chi connectivity index (χ0n) is 13.5. The van der Waals surface area contributed by atoms with Gasteiger partial charge in [-0.1, -0.05) is 6.07 Å². The van der Waals surface area contributed by atoms with Crippen LogP contribution in [0.1, 0.15) is 35.5 Å². The first-order valence-corrected chi connectivity index (χ1v) is 7.42. The molecule has 0 spiro atoms. The van der Waals surface area contributed by atoms with Gasteiger partial charge in [0.15, 0.2) is 0 Å². The maximum atomic E-state index is 12.7. The Morgan fingerprint density at radius 3 is 2.61 bits per heavy atom. The second kappa shape index (κ2) is 5.50. The first-order chi connectivity index (χ1) is 10.9. The SMILES string of the molecule is Cc1ccc2c(=O)c3cc(C(=O)OC(C)C)c(C)nc3oc2c1. The molecule has 5 heteroatoms. The molecule has 0 aliphatic carbocycles. The van der Waals surface area contributed by atoms with Crippen LogP contribution in [0.2, 0.25) is 0 Å². The summed E-state index contributed by atoms with van der Waals surface area (Å²) in [7, 11) is 0. The van der Waals surface area contributed by atoms with Crippen molar-refractivity contribution in [1.82, 2.24) is 4.98 Å². The van der Waals surface area contributed by atoms with E-state index in [9.17, 15) is 9.59 Å². The number of ether oxygens (including phenoxy) is 1.